The average molecular weight is 359 g/mol. The van der Waals surface area contributed by atoms with Crippen LogP contribution in [0, 0.1) is 12.8 Å². The number of hydrogen-bond donors (Lipinski definition) is 0. The van der Waals surface area contributed by atoms with Crippen LogP contribution in [-0.2, 0) is 13.0 Å². The highest BCUT2D eigenvalue weighted by Crippen LogP contribution is 2.25. The molecule has 0 atom stereocenters. The van der Waals surface area contributed by atoms with Crippen molar-refractivity contribution >= 4 is 0 Å². The van der Waals surface area contributed by atoms with Crippen LogP contribution in [0.25, 0.3) is 22.8 Å². The summed E-state index contributed by atoms with van der Waals surface area (Å²) in [6.45, 7) is 8.57. The Labute approximate surface area is 160 Å². The predicted molar refractivity (Wildman–Crippen MR) is 108 cm³/mol. The molecule has 0 saturated carbocycles. The van der Waals surface area contributed by atoms with Crippen molar-refractivity contribution in [1.29, 1.82) is 0 Å². The first-order valence-corrected chi connectivity index (χ1v) is 9.52. The summed E-state index contributed by atoms with van der Waals surface area (Å²) in [5.41, 5.74) is 5.85. The maximum atomic E-state index is 5.51. The van der Waals surface area contributed by atoms with Crippen molar-refractivity contribution in [3.05, 3.63) is 71.4 Å². The van der Waals surface area contributed by atoms with E-state index >= 15 is 0 Å². The second kappa shape index (κ2) is 7.39. The molecule has 0 aliphatic carbocycles. The first-order chi connectivity index (χ1) is 13.1. The molecular formula is C23H25N3O. The Balaban J connectivity index is 1.51. The summed E-state index contributed by atoms with van der Waals surface area (Å²) >= 11 is 0. The molecule has 0 amide bonds. The SMILES string of the molecule is Cc1cc(-c2noc(-c3ccc(CC(C)C)cc3)n2)ccc1CN1C=CC1. The summed E-state index contributed by atoms with van der Waals surface area (Å²) < 4.78 is 5.51. The van der Waals surface area contributed by atoms with Gasteiger partial charge in [0.1, 0.15) is 0 Å². The largest absolute Gasteiger partial charge is 0.370 e. The minimum atomic E-state index is 0.563. The minimum absolute atomic E-state index is 0.563. The van der Waals surface area contributed by atoms with Gasteiger partial charge in [-0.2, -0.15) is 4.98 Å². The zero-order valence-corrected chi connectivity index (χ0v) is 16.1. The Bertz CT molecular complexity index is 954. The third-order valence-electron chi connectivity index (χ3n) is 4.90. The van der Waals surface area contributed by atoms with Crippen molar-refractivity contribution in [2.45, 2.75) is 33.7 Å². The molecule has 1 aliphatic rings. The highest BCUT2D eigenvalue weighted by atomic mass is 16.5. The van der Waals surface area contributed by atoms with Crippen LogP contribution in [0.1, 0.15) is 30.5 Å². The maximum absolute atomic E-state index is 5.51. The summed E-state index contributed by atoms with van der Waals surface area (Å²) in [6, 6.07) is 14.8. The highest BCUT2D eigenvalue weighted by molar-refractivity contribution is 5.61. The molecule has 0 unspecified atom stereocenters. The number of hydrogen-bond acceptors (Lipinski definition) is 4. The van der Waals surface area contributed by atoms with Gasteiger partial charge in [-0.15, -0.1) is 0 Å². The van der Waals surface area contributed by atoms with Crippen LogP contribution < -0.4 is 0 Å². The molecule has 138 valence electrons. The van der Waals surface area contributed by atoms with Crippen LogP contribution in [0.2, 0.25) is 0 Å². The Morgan fingerprint density at radius 2 is 1.81 bits per heavy atom. The molecule has 4 rings (SSSR count). The molecule has 1 aromatic heterocycles. The number of nitrogens with zero attached hydrogens (tertiary/aromatic N) is 3. The van der Waals surface area contributed by atoms with Gasteiger partial charge in [0.15, 0.2) is 0 Å². The van der Waals surface area contributed by atoms with Gasteiger partial charge in [0.05, 0.1) is 0 Å². The molecule has 3 aromatic rings. The fourth-order valence-corrected chi connectivity index (χ4v) is 3.32. The lowest BCUT2D eigenvalue weighted by Crippen LogP contribution is -2.23. The van der Waals surface area contributed by atoms with Gasteiger partial charge in [0.25, 0.3) is 5.89 Å². The van der Waals surface area contributed by atoms with E-state index in [0.717, 1.165) is 30.6 Å². The van der Waals surface area contributed by atoms with Crippen LogP contribution in [0.3, 0.4) is 0 Å². The van der Waals surface area contributed by atoms with Crippen molar-refractivity contribution in [3.63, 3.8) is 0 Å². The normalized spacial score (nSPS) is 13.3. The zero-order chi connectivity index (χ0) is 18.8. The molecule has 2 heterocycles. The molecule has 4 nitrogen and oxygen atoms in total. The fraction of sp³-hybridized carbons (Fsp3) is 0.304. The summed E-state index contributed by atoms with van der Waals surface area (Å²) in [7, 11) is 0. The lowest BCUT2D eigenvalue weighted by Gasteiger charge is -2.26. The standard InChI is InChI=1S/C23H25N3O/c1-16(2)13-18-5-7-19(8-6-18)23-24-22(25-27-23)20-9-10-21(17(3)14-20)15-26-11-4-12-26/h4-11,14,16H,12-13,15H2,1-3H3. The number of aromatic nitrogens is 2. The van der Waals surface area contributed by atoms with Crippen molar-refractivity contribution < 1.29 is 4.52 Å². The molecule has 2 aromatic carbocycles. The highest BCUT2D eigenvalue weighted by Gasteiger charge is 2.13. The molecular weight excluding hydrogens is 334 g/mol. The van der Waals surface area contributed by atoms with Crippen molar-refractivity contribution in [2.24, 2.45) is 5.92 Å². The third kappa shape index (κ3) is 3.95. The first kappa shape index (κ1) is 17.5. The van der Waals surface area contributed by atoms with E-state index in [1.54, 1.807) is 0 Å². The lowest BCUT2D eigenvalue weighted by atomic mass is 10.0. The Morgan fingerprint density at radius 1 is 1.07 bits per heavy atom. The molecule has 0 radical (unpaired) electrons. The van der Waals surface area contributed by atoms with Crippen molar-refractivity contribution in [3.8, 4) is 22.8 Å². The van der Waals surface area contributed by atoms with Crippen LogP contribution in [-0.4, -0.2) is 21.6 Å². The van der Waals surface area contributed by atoms with Crippen LogP contribution >= 0.6 is 0 Å². The summed E-state index contributed by atoms with van der Waals surface area (Å²) in [4.78, 5) is 6.89. The second-order valence-corrected chi connectivity index (χ2v) is 7.67. The minimum Gasteiger partial charge on any atom is -0.370 e. The van der Waals surface area contributed by atoms with E-state index in [0.29, 0.717) is 17.6 Å². The molecule has 0 saturated heterocycles. The fourth-order valence-electron chi connectivity index (χ4n) is 3.32. The molecule has 1 aliphatic heterocycles. The van der Waals surface area contributed by atoms with Crippen LogP contribution in [0.5, 0.6) is 0 Å². The predicted octanol–water partition coefficient (Wildman–Crippen LogP) is 5.24. The number of benzene rings is 2. The Kier molecular flexibility index (Phi) is 4.80. The van der Waals surface area contributed by atoms with E-state index in [9.17, 15) is 0 Å². The van der Waals surface area contributed by atoms with Gasteiger partial charge >= 0.3 is 0 Å². The Hall–Kier alpha value is -2.88. The lowest BCUT2D eigenvalue weighted by molar-refractivity contribution is 0.367. The first-order valence-electron chi connectivity index (χ1n) is 9.52. The monoisotopic (exact) mass is 359 g/mol. The van der Waals surface area contributed by atoms with Crippen molar-refractivity contribution in [1.82, 2.24) is 15.0 Å². The van der Waals surface area contributed by atoms with E-state index in [-0.39, 0.29) is 0 Å². The van der Waals surface area contributed by atoms with E-state index in [1.807, 2.05) is 0 Å². The van der Waals surface area contributed by atoms with Gasteiger partial charge in [0.2, 0.25) is 5.82 Å². The van der Waals surface area contributed by atoms with Crippen molar-refractivity contribution in [2.75, 3.05) is 6.54 Å². The molecule has 0 N–H and O–H groups in total. The summed E-state index contributed by atoms with van der Waals surface area (Å²) in [5, 5.41) is 4.18. The molecule has 4 heteroatoms. The zero-order valence-electron chi connectivity index (χ0n) is 16.1. The Morgan fingerprint density at radius 3 is 2.44 bits per heavy atom. The van der Waals surface area contributed by atoms with Gasteiger partial charge < -0.3 is 9.42 Å². The number of rotatable bonds is 6. The molecule has 0 fully saturated rings. The summed E-state index contributed by atoms with van der Waals surface area (Å²) in [5.74, 6) is 1.84. The van der Waals surface area contributed by atoms with Crippen LogP contribution in [0.15, 0.2) is 59.3 Å². The molecule has 27 heavy (non-hydrogen) atoms. The maximum Gasteiger partial charge on any atom is 0.258 e. The van der Waals surface area contributed by atoms with Gasteiger partial charge in [0, 0.05) is 24.2 Å². The van der Waals surface area contributed by atoms with Gasteiger partial charge in [-0.3, -0.25) is 0 Å². The van der Waals surface area contributed by atoms with E-state index < -0.39 is 0 Å². The molecule has 0 spiro atoms. The second-order valence-electron chi connectivity index (χ2n) is 7.67. The van der Waals surface area contributed by atoms with E-state index in [4.69, 9.17) is 4.52 Å². The molecule has 0 bridgehead atoms. The van der Waals surface area contributed by atoms with E-state index in [1.165, 1.54) is 16.7 Å². The van der Waals surface area contributed by atoms with Gasteiger partial charge in [-0.25, -0.2) is 0 Å². The third-order valence-corrected chi connectivity index (χ3v) is 4.90. The summed E-state index contributed by atoms with van der Waals surface area (Å²) in [6.07, 6.45) is 5.37. The van der Waals surface area contributed by atoms with Gasteiger partial charge in [-0.1, -0.05) is 43.3 Å². The quantitative estimate of drug-likeness (QED) is 0.603. The topological polar surface area (TPSA) is 42.2 Å². The van der Waals surface area contributed by atoms with Crippen LogP contribution in [0.4, 0.5) is 0 Å². The smallest absolute Gasteiger partial charge is 0.258 e. The average Bonchev–Trinajstić information content (AvgIpc) is 3.09. The van der Waals surface area contributed by atoms with E-state index in [2.05, 4.69) is 90.6 Å². The van der Waals surface area contributed by atoms with Gasteiger partial charge in [-0.05, 0) is 66.4 Å². The number of aryl methyl sites for hydroxylation is 1.